The lowest BCUT2D eigenvalue weighted by atomic mass is 10.1. The van der Waals surface area contributed by atoms with Crippen molar-refractivity contribution in [3.8, 4) is 0 Å². The Morgan fingerprint density at radius 1 is 1.25 bits per heavy atom. The number of nitrogens with one attached hydrogen (secondary N) is 2. The van der Waals surface area contributed by atoms with Gasteiger partial charge in [-0.2, -0.15) is 0 Å². The van der Waals surface area contributed by atoms with Gasteiger partial charge in [0.05, 0.1) is 24.5 Å². The van der Waals surface area contributed by atoms with Gasteiger partial charge < -0.3 is 20.0 Å². The Bertz CT molecular complexity index is 1100. The van der Waals surface area contributed by atoms with Crippen molar-refractivity contribution in [1.82, 2.24) is 15.5 Å². The van der Waals surface area contributed by atoms with Gasteiger partial charge in [-0.25, -0.2) is 4.39 Å². The van der Waals surface area contributed by atoms with Gasteiger partial charge in [0, 0.05) is 18.7 Å². The zero-order valence-electron chi connectivity index (χ0n) is 16.6. The Labute approximate surface area is 190 Å². The van der Waals surface area contributed by atoms with Crippen molar-refractivity contribution in [1.29, 1.82) is 0 Å². The normalized spacial score (nSPS) is 15.7. The van der Waals surface area contributed by atoms with E-state index in [1.165, 1.54) is 47.2 Å². The average Bonchev–Trinajstić information content (AvgIpc) is 3.53. The zero-order chi connectivity index (χ0) is 22.5. The van der Waals surface area contributed by atoms with E-state index in [2.05, 4.69) is 20.8 Å². The van der Waals surface area contributed by atoms with E-state index in [9.17, 15) is 18.8 Å². The van der Waals surface area contributed by atoms with E-state index in [0.717, 1.165) is 11.3 Å². The van der Waals surface area contributed by atoms with Gasteiger partial charge in [0.2, 0.25) is 22.9 Å². The van der Waals surface area contributed by atoms with E-state index >= 15 is 0 Å². The fourth-order valence-corrected chi connectivity index (χ4v) is 4.64. The van der Waals surface area contributed by atoms with E-state index in [0.29, 0.717) is 27.5 Å². The van der Waals surface area contributed by atoms with Crippen LogP contribution in [0.5, 0.6) is 0 Å². The number of amides is 3. The highest BCUT2D eigenvalue weighted by Crippen LogP contribution is 2.28. The topological polar surface area (TPSA) is 117 Å². The van der Waals surface area contributed by atoms with Gasteiger partial charge in [0.25, 0.3) is 0 Å². The molecule has 1 unspecified atom stereocenters. The lowest BCUT2D eigenvalue weighted by molar-refractivity contribution is -0.122. The van der Waals surface area contributed by atoms with E-state index in [1.807, 2.05) is 0 Å². The fourth-order valence-electron chi connectivity index (χ4n) is 3.06. The minimum atomic E-state index is -0.556. The van der Waals surface area contributed by atoms with E-state index in [-0.39, 0.29) is 36.4 Å². The number of furan rings is 1. The third kappa shape index (κ3) is 5.51. The number of carbonyl (C=O) groups excluding carboxylic acids is 3. The van der Waals surface area contributed by atoms with Gasteiger partial charge in [-0.15, -0.1) is 10.2 Å². The molecule has 0 saturated carbocycles. The lowest BCUT2D eigenvalue weighted by Crippen LogP contribution is -2.28. The molecule has 4 rings (SSSR count). The first kappa shape index (κ1) is 22.0. The van der Waals surface area contributed by atoms with Gasteiger partial charge in [-0.1, -0.05) is 23.1 Å². The smallest absolute Gasteiger partial charge is 0.231 e. The van der Waals surface area contributed by atoms with Gasteiger partial charge in [0.15, 0.2) is 4.34 Å². The lowest BCUT2D eigenvalue weighted by Gasteiger charge is -2.16. The summed E-state index contributed by atoms with van der Waals surface area (Å²) in [6, 6.07) is 9.07. The molecule has 1 aromatic carbocycles. The predicted molar refractivity (Wildman–Crippen MR) is 117 cm³/mol. The van der Waals surface area contributed by atoms with Gasteiger partial charge in [-0.05, 0) is 36.4 Å². The van der Waals surface area contributed by atoms with Crippen LogP contribution in [-0.4, -0.2) is 40.2 Å². The summed E-state index contributed by atoms with van der Waals surface area (Å²) in [5.41, 5.74) is 0.548. The number of hydrogen-bond acceptors (Lipinski definition) is 8. The first-order chi connectivity index (χ1) is 15.5. The van der Waals surface area contributed by atoms with Crippen LogP contribution in [0.2, 0.25) is 0 Å². The standard InChI is InChI=1S/C20H18FN5O4S2/c21-13-3-5-14(6-4-13)26-10-12(8-17(26)28)18(29)23-19-24-25-20(32-19)31-11-16(27)22-9-15-2-1-7-30-15/h1-7,12H,8-11H2,(H,22,27)(H,23,24,29). The number of rotatable bonds is 8. The van der Waals surface area contributed by atoms with Gasteiger partial charge >= 0.3 is 0 Å². The van der Waals surface area contributed by atoms with Crippen molar-refractivity contribution in [3.63, 3.8) is 0 Å². The Morgan fingerprint density at radius 3 is 2.81 bits per heavy atom. The van der Waals surface area contributed by atoms with Crippen LogP contribution in [0.4, 0.5) is 15.2 Å². The largest absolute Gasteiger partial charge is 0.467 e. The average molecular weight is 476 g/mol. The maximum atomic E-state index is 13.1. The summed E-state index contributed by atoms with van der Waals surface area (Å²) in [5.74, 6) is -0.870. The van der Waals surface area contributed by atoms with Crippen LogP contribution in [0.25, 0.3) is 0 Å². The van der Waals surface area contributed by atoms with Crippen LogP contribution in [-0.2, 0) is 20.9 Å². The van der Waals surface area contributed by atoms with Crippen molar-refractivity contribution < 1.29 is 23.2 Å². The van der Waals surface area contributed by atoms with E-state index < -0.39 is 11.7 Å². The number of hydrogen-bond donors (Lipinski definition) is 2. The van der Waals surface area contributed by atoms with Crippen LogP contribution >= 0.6 is 23.1 Å². The molecule has 1 atom stereocenters. The molecule has 3 heterocycles. The van der Waals surface area contributed by atoms with Crippen molar-refractivity contribution in [2.75, 3.05) is 22.5 Å². The van der Waals surface area contributed by atoms with Crippen LogP contribution in [0, 0.1) is 11.7 Å². The molecule has 9 nitrogen and oxygen atoms in total. The molecular weight excluding hydrogens is 457 g/mol. The van der Waals surface area contributed by atoms with Crippen molar-refractivity contribution in [2.45, 2.75) is 17.3 Å². The van der Waals surface area contributed by atoms with Crippen LogP contribution in [0.3, 0.4) is 0 Å². The van der Waals surface area contributed by atoms with E-state index in [1.54, 1.807) is 12.1 Å². The second-order valence-corrected chi connectivity index (χ2v) is 9.09. The third-order valence-electron chi connectivity index (χ3n) is 4.64. The Hall–Kier alpha value is -3.25. The quantitative estimate of drug-likeness (QED) is 0.380. The Kier molecular flexibility index (Phi) is 6.81. The molecule has 12 heteroatoms. The molecule has 166 valence electrons. The van der Waals surface area contributed by atoms with Gasteiger partial charge in [0.1, 0.15) is 11.6 Å². The summed E-state index contributed by atoms with van der Waals surface area (Å²) in [6.07, 6.45) is 1.59. The second kappa shape index (κ2) is 9.92. The predicted octanol–water partition coefficient (Wildman–Crippen LogP) is 2.67. The zero-order valence-corrected chi connectivity index (χ0v) is 18.2. The van der Waals surface area contributed by atoms with Crippen LogP contribution < -0.4 is 15.5 Å². The monoisotopic (exact) mass is 475 g/mol. The molecule has 0 radical (unpaired) electrons. The highest BCUT2D eigenvalue weighted by molar-refractivity contribution is 8.01. The highest BCUT2D eigenvalue weighted by atomic mass is 32.2. The molecular formula is C20H18FN5O4S2. The molecule has 1 fully saturated rings. The molecule has 1 aliphatic rings. The SMILES string of the molecule is O=C(CSc1nnc(NC(=O)C2CC(=O)N(c3ccc(F)cc3)C2)s1)NCc1ccco1. The first-order valence-corrected chi connectivity index (χ1v) is 11.4. The fraction of sp³-hybridized carbons (Fsp3) is 0.250. The molecule has 3 aromatic rings. The maximum absolute atomic E-state index is 13.1. The van der Waals surface area contributed by atoms with Gasteiger partial charge in [-0.3, -0.25) is 14.4 Å². The van der Waals surface area contributed by atoms with Crippen LogP contribution in [0.15, 0.2) is 51.4 Å². The molecule has 0 aliphatic carbocycles. The number of thioether (sulfide) groups is 1. The molecule has 1 aliphatic heterocycles. The third-order valence-corrected chi connectivity index (χ3v) is 6.61. The Morgan fingerprint density at radius 2 is 2.06 bits per heavy atom. The molecule has 1 saturated heterocycles. The first-order valence-electron chi connectivity index (χ1n) is 9.60. The number of nitrogens with zero attached hydrogens (tertiary/aromatic N) is 3. The molecule has 2 N–H and O–H groups in total. The summed E-state index contributed by atoms with van der Waals surface area (Å²) < 4.78 is 18.8. The van der Waals surface area contributed by atoms with E-state index in [4.69, 9.17) is 4.42 Å². The molecule has 3 amide bonds. The number of carbonyl (C=O) groups is 3. The molecule has 32 heavy (non-hydrogen) atoms. The highest BCUT2D eigenvalue weighted by Gasteiger charge is 2.35. The second-order valence-electron chi connectivity index (χ2n) is 6.89. The minimum Gasteiger partial charge on any atom is -0.467 e. The molecule has 0 bridgehead atoms. The minimum absolute atomic E-state index is 0.0550. The number of aromatic nitrogens is 2. The van der Waals surface area contributed by atoms with Crippen molar-refractivity contribution in [3.05, 3.63) is 54.2 Å². The number of halogens is 1. The molecule has 2 aromatic heterocycles. The van der Waals surface area contributed by atoms with Crippen molar-refractivity contribution >= 4 is 51.6 Å². The summed E-state index contributed by atoms with van der Waals surface area (Å²) >= 11 is 2.35. The van der Waals surface area contributed by atoms with Crippen molar-refractivity contribution in [2.24, 2.45) is 5.92 Å². The summed E-state index contributed by atoms with van der Waals surface area (Å²) in [5, 5.41) is 13.6. The Balaban J connectivity index is 1.25. The summed E-state index contributed by atoms with van der Waals surface area (Å²) in [4.78, 5) is 38.2. The summed E-state index contributed by atoms with van der Waals surface area (Å²) in [7, 11) is 0. The maximum Gasteiger partial charge on any atom is 0.231 e. The van der Waals surface area contributed by atoms with Crippen LogP contribution in [0.1, 0.15) is 12.2 Å². The molecule has 0 spiro atoms. The summed E-state index contributed by atoms with van der Waals surface area (Å²) in [6.45, 7) is 0.505. The number of benzene rings is 1. The number of anilines is 2.